The van der Waals surface area contributed by atoms with Crippen molar-refractivity contribution in [1.82, 2.24) is 14.7 Å². The Balaban J connectivity index is 0.000000145. The summed E-state index contributed by atoms with van der Waals surface area (Å²) in [4.78, 5) is 7.93. The molecule has 408 valence electrons. The Morgan fingerprint density at radius 2 is 1.47 bits per heavy atom. The highest BCUT2D eigenvalue weighted by Crippen LogP contribution is 2.78. The highest BCUT2D eigenvalue weighted by atomic mass is 79.9. The van der Waals surface area contributed by atoms with Crippen molar-refractivity contribution < 1.29 is 29.9 Å². The highest BCUT2D eigenvalue weighted by molar-refractivity contribution is 8.93. The van der Waals surface area contributed by atoms with Crippen LogP contribution in [-0.2, 0) is 40.2 Å². The first-order valence-electron chi connectivity index (χ1n) is 28.2. The number of ether oxygens (including phenoxy) is 2. The van der Waals surface area contributed by atoms with Crippen LogP contribution in [0.3, 0.4) is 0 Å². The van der Waals surface area contributed by atoms with Crippen LogP contribution in [-0.4, -0.2) is 118 Å². The number of piperidine rings is 2. The molecule has 4 N–H and O–H groups in total. The second-order valence-electron chi connectivity index (χ2n) is 27.3. The second kappa shape index (κ2) is 19.5. The van der Waals surface area contributed by atoms with Gasteiger partial charge in [0.05, 0.1) is 5.60 Å². The Hall–Kier alpha value is -2.83. The smallest absolute Gasteiger partial charge is 0.165 e. The number of hydrogen-bond donors (Lipinski definition) is 4. The van der Waals surface area contributed by atoms with E-state index in [-0.39, 0.29) is 74.2 Å². The van der Waals surface area contributed by atoms with E-state index >= 15 is 0 Å². The molecule has 14 rings (SSSR count). The number of likely N-dealkylation sites (tertiary alicyclic amines) is 3. The number of phenolic OH excluding ortho intramolecular Hbond substituents is 3. The number of hydrogen-bond acceptors (Lipinski definition) is 9. The molecule has 4 heterocycles. The van der Waals surface area contributed by atoms with Gasteiger partial charge in [-0.3, -0.25) is 9.80 Å². The van der Waals surface area contributed by atoms with Gasteiger partial charge in [0.2, 0.25) is 0 Å². The molecule has 8 bridgehead atoms. The summed E-state index contributed by atoms with van der Waals surface area (Å²) < 4.78 is 13.5. The van der Waals surface area contributed by atoms with E-state index in [9.17, 15) is 20.4 Å². The predicted molar refractivity (Wildman–Crippen MR) is 305 cm³/mol. The van der Waals surface area contributed by atoms with E-state index in [1.54, 1.807) is 0 Å². The summed E-state index contributed by atoms with van der Waals surface area (Å²) in [5, 5.41) is 42.7. The third-order valence-electron chi connectivity index (χ3n) is 22.3. The Morgan fingerprint density at radius 3 is 2.14 bits per heavy atom. The minimum Gasteiger partial charge on any atom is -0.508 e. The molecule has 11 aliphatic rings. The van der Waals surface area contributed by atoms with Crippen molar-refractivity contribution in [3.63, 3.8) is 0 Å². The van der Waals surface area contributed by atoms with Gasteiger partial charge in [-0.2, -0.15) is 0 Å². The van der Waals surface area contributed by atoms with Crippen molar-refractivity contribution in [3.8, 4) is 23.0 Å². The third-order valence-corrected chi connectivity index (χ3v) is 22.3. The molecule has 7 aliphatic carbocycles. The average molecular weight is 1100 g/mol. The SMILES string of the molecule is Br.CC(C)=CCN1CC[C@@]2(C)c3cc(O)ccc3C[C@@H]1[C@H]2C.CN1CC[C@]2(C)C[C@@H](Cc3ccc(O)cc32)C1.CO[C@@]12CC[C@@]3(C[C@@H]1[C@@](C)(O)C(C)(C)C)[C@H]1Cc4ccc(O)c5c4[C@@]3(CCN1CC1CC1)[C@H]2O5.Cl. The number of phenols is 3. The fourth-order valence-electron chi connectivity index (χ4n) is 17.6. The van der Waals surface area contributed by atoms with Crippen LogP contribution >= 0.6 is 29.4 Å². The lowest BCUT2D eigenvalue weighted by Crippen LogP contribution is -2.83. The Bertz CT molecular complexity index is 2630. The maximum atomic E-state index is 12.2. The minimum atomic E-state index is -0.909. The molecule has 3 aromatic rings. The monoisotopic (exact) mass is 1100 g/mol. The molecule has 74 heavy (non-hydrogen) atoms. The van der Waals surface area contributed by atoms with Crippen LogP contribution in [0.4, 0.5) is 0 Å². The van der Waals surface area contributed by atoms with Gasteiger partial charge in [-0.05, 0) is 217 Å². The van der Waals surface area contributed by atoms with Crippen LogP contribution in [0.5, 0.6) is 23.0 Å². The van der Waals surface area contributed by atoms with Crippen LogP contribution in [0.2, 0.25) is 0 Å². The first kappa shape index (κ1) is 55.9. The Labute approximate surface area is 461 Å². The molecule has 4 aliphatic heterocycles. The minimum absolute atomic E-state index is 0. The summed E-state index contributed by atoms with van der Waals surface area (Å²) in [6.07, 6.45) is 15.9. The highest BCUT2D eigenvalue weighted by Gasteiger charge is 2.82. The summed E-state index contributed by atoms with van der Waals surface area (Å²) in [7, 11) is 4.06. The molecule has 0 radical (unpaired) electrons. The van der Waals surface area contributed by atoms with Crippen molar-refractivity contribution in [1.29, 1.82) is 0 Å². The molecule has 0 amide bonds. The van der Waals surface area contributed by atoms with Crippen molar-refractivity contribution in [2.75, 3.05) is 53.4 Å². The topological polar surface area (TPSA) is 109 Å². The van der Waals surface area contributed by atoms with Crippen molar-refractivity contribution in [2.45, 2.75) is 185 Å². The van der Waals surface area contributed by atoms with Crippen LogP contribution in [0.1, 0.15) is 153 Å². The molecule has 2 spiro atoms. The second-order valence-corrected chi connectivity index (χ2v) is 27.3. The van der Waals surface area contributed by atoms with Crippen molar-refractivity contribution in [2.24, 2.45) is 34.5 Å². The summed E-state index contributed by atoms with van der Waals surface area (Å²) in [6.45, 7) is 26.9. The number of rotatable bonds is 6. The normalized spacial score (nSPS) is 36.7. The fourth-order valence-corrected chi connectivity index (χ4v) is 17.6. The molecule has 0 aromatic heterocycles. The van der Waals surface area contributed by atoms with Crippen LogP contribution in [0, 0.1) is 34.5 Å². The quantitative estimate of drug-likeness (QED) is 0.180. The van der Waals surface area contributed by atoms with Crippen molar-refractivity contribution >= 4 is 29.4 Å². The largest absolute Gasteiger partial charge is 0.508 e. The van der Waals surface area contributed by atoms with Gasteiger partial charge in [-0.15, -0.1) is 29.4 Å². The van der Waals surface area contributed by atoms with Gasteiger partial charge in [0.1, 0.15) is 23.2 Å². The number of nitrogens with zero attached hydrogens (tertiary/aromatic N) is 3. The van der Waals surface area contributed by atoms with Gasteiger partial charge >= 0.3 is 0 Å². The molecule has 9 nitrogen and oxygen atoms in total. The summed E-state index contributed by atoms with van der Waals surface area (Å²) in [6, 6.07) is 17.0. The maximum absolute atomic E-state index is 12.2. The number of halogens is 2. The average Bonchev–Trinajstić information content (AvgIpc) is 4.09. The molecule has 3 saturated heterocycles. The zero-order valence-electron chi connectivity index (χ0n) is 46.7. The van der Waals surface area contributed by atoms with Gasteiger partial charge in [0.15, 0.2) is 11.5 Å². The molecular formula is C63H91BrClN3O6. The molecule has 0 unspecified atom stereocenters. The molecule has 4 saturated carbocycles. The van der Waals surface area contributed by atoms with Gasteiger partial charge in [-0.25, -0.2) is 0 Å². The lowest BCUT2D eigenvalue weighted by atomic mass is 9.33. The zero-order valence-corrected chi connectivity index (χ0v) is 49.3. The van der Waals surface area contributed by atoms with Gasteiger partial charge in [0.25, 0.3) is 0 Å². The molecular weight excluding hydrogens is 1010 g/mol. The summed E-state index contributed by atoms with van der Waals surface area (Å²) in [5.41, 5.74) is 8.32. The first-order chi connectivity index (χ1) is 34.0. The fraction of sp³-hybridized carbons (Fsp3) is 0.683. The number of fused-ring (bicyclic) bond motifs is 10. The molecule has 11 heteroatoms. The van der Waals surface area contributed by atoms with E-state index in [1.165, 1.54) is 97.1 Å². The maximum Gasteiger partial charge on any atom is 0.165 e. The summed E-state index contributed by atoms with van der Waals surface area (Å²) >= 11 is 0. The zero-order chi connectivity index (χ0) is 51.1. The van der Waals surface area contributed by atoms with Gasteiger partial charge < -0.3 is 34.8 Å². The lowest BCUT2D eigenvalue weighted by Gasteiger charge is -2.75. The molecule has 12 atom stereocenters. The first-order valence-corrected chi connectivity index (χ1v) is 28.2. The van der Waals surface area contributed by atoms with E-state index in [1.807, 2.05) is 44.4 Å². The van der Waals surface area contributed by atoms with E-state index in [4.69, 9.17) is 9.47 Å². The van der Waals surface area contributed by atoms with E-state index in [0.29, 0.717) is 35.3 Å². The van der Waals surface area contributed by atoms with Crippen molar-refractivity contribution in [3.05, 3.63) is 93.6 Å². The predicted octanol–water partition coefficient (Wildman–Crippen LogP) is 11.8. The van der Waals surface area contributed by atoms with Crippen LogP contribution in [0.15, 0.2) is 60.2 Å². The number of benzene rings is 3. The van der Waals surface area contributed by atoms with Crippen LogP contribution < -0.4 is 4.74 Å². The molecule has 7 fully saturated rings. The van der Waals surface area contributed by atoms with Gasteiger partial charge in [0, 0.05) is 61.1 Å². The number of aromatic hydroxyl groups is 3. The van der Waals surface area contributed by atoms with Crippen LogP contribution in [0.25, 0.3) is 0 Å². The standard InChI is InChI=1S/C29H41NO4.C19H27NO.C15H21NO.BrH.ClH/c1-25(2,3)26(4,32)20-15-27-10-11-29(20,33-5)24-28(27)12-13-30(16-17-6-7-17)21(27)14-18-8-9-19(31)23(34-24)22(18)28;1-13(2)7-9-20-10-8-19(4)14(3)18(20)11-15-5-6-16(21)12-17(15)19;1-15-5-6-16(2)10-11(9-15)7-12-3-4-13(17)8-14(12)15;;/h8-9,17,20-21,24,31-32H,6-7,10-16H2,1-5H3;5-7,12,14,18,21H,8-11H2,1-4H3;3-4,8,11,17H,5-7,9-10H2,1-2H3;2*1H/t20-,21-,24-,26-,27-,28+,29+;14-,18-,19-;11-,15-;;/m111../s1. The molecule has 3 aromatic carbocycles. The van der Waals surface area contributed by atoms with E-state index in [0.717, 1.165) is 70.0 Å². The number of methoxy groups -OCH3 is 1. The Kier molecular flexibility index (Phi) is 14.7. The van der Waals surface area contributed by atoms with Gasteiger partial charge in [-0.1, -0.05) is 71.4 Å². The number of aliphatic hydroxyl groups is 1. The third kappa shape index (κ3) is 8.53. The number of allylic oxidation sites excluding steroid dienone is 1. The Morgan fingerprint density at radius 1 is 0.811 bits per heavy atom. The lowest BCUT2D eigenvalue weighted by molar-refractivity contribution is -0.312. The van der Waals surface area contributed by atoms with E-state index in [2.05, 4.69) is 101 Å². The summed E-state index contributed by atoms with van der Waals surface area (Å²) in [5.74, 6) is 4.04. The van der Waals surface area contributed by atoms with E-state index < -0.39 is 11.2 Å².